The quantitative estimate of drug-likeness (QED) is 0.790. The number of carbonyl (C=O) groups excluding carboxylic acids is 2. The number of halogens is 3. The number of benzene rings is 1. The van der Waals surface area contributed by atoms with E-state index in [1.54, 1.807) is 0 Å². The number of amides is 1. The molecule has 1 saturated heterocycles. The van der Waals surface area contributed by atoms with Gasteiger partial charge < -0.3 is 9.42 Å². The molecule has 0 bridgehead atoms. The molecule has 2 heterocycles. The zero-order chi connectivity index (χ0) is 18.0. The topological polar surface area (TPSA) is 76.3 Å². The predicted octanol–water partition coefficient (Wildman–Crippen LogP) is 2.95. The maximum absolute atomic E-state index is 12.5. The van der Waals surface area contributed by atoms with Crippen LogP contribution in [-0.4, -0.2) is 39.8 Å². The van der Waals surface area contributed by atoms with Gasteiger partial charge >= 0.3 is 12.1 Å². The first kappa shape index (κ1) is 17.1. The first-order chi connectivity index (χ1) is 11.8. The Hall–Kier alpha value is -2.71. The highest BCUT2D eigenvalue weighted by Crippen LogP contribution is 2.29. The third-order valence-corrected chi connectivity index (χ3v) is 3.89. The summed E-state index contributed by atoms with van der Waals surface area (Å²) < 4.78 is 41.6. The van der Waals surface area contributed by atoms with Crippen LogP contribution in [0.5, 0.6) is 0 Å². The van der Waals surface area contributed by atoms with E-state index in [4.69, 9.17) is 0 Å². The van der Waals surface area contributed by atoms with Crippen LogP contribution >= 0.6 is 0 Å². The van der Waals surface area contributed by atoms with Gasteiger partial charge in [0.05, 0.1) is 6.54 Å². The van der Waals surface area contributed by atoms with Crippen molar-refractivity contribution in [3.63, 3.8) is 0 Å². The van der Waals surface area contributed by atoms with Crippen LogP contribution in [0.15, 0.2) is 28.8 Å². The smallest absolute Gasteiger partial charge is 0.335 e. The van der Waals surface area contributed by atoms with Crippen LogP contribution in [0.2, 0.25) is 0 Å². The molecule has 132 valence electrons. The van der Waals surface area contributed by atoms with Crippen molar-refractivity contribution in [1.29, 1.82) is 0 Å². The van der Waals surface area contributed by atoms with Crippen LogP contribution in [0.25, 0.3) is 11.4 Å². The molecule has 1 aliphatic heterocycles. The second-order valence-electron chi connectivity index (χ2n) is 5.69. The highest BCUT2D eigenvalue weighted by molar-refractivity contribution is 5.99. The number of piperidine rings is 1. The summed E-state index contributed by atoms with van der Waals surface area (Å²) in [6, 6.07) is 5.82. The minimum Gasteiger partial charge on any atom is -0.335 e. The van der Waals surface area contributed by atoms with Crippen molar-refractivity contribution in [3.8, 4) is 11.4 Å². The summed E-state index contributed by atoms with van der Waals surface area (Å²) in [4.78, 5) is 28.8. The van der Waals surface area contributed by atoms with Gasteiger partial charge in [0.2, 0.25) is 11.7 Å². The number of alkyl halides is 3. The zero-order valence-corrected chi connectivity index (χ0v) is 13.0. The van der Waals surface area contributed by atoms with E-state index < -0.39 is 12.1 Å². The number of ketones is 1. The van der Waals surface area contributed by atoms with E-state index in [-0.39, 0.29) is 24.1 Å². The van der Waals surface area contributed by atoms with E-state index >= 15 is 0 Å². The SMILES string of the molecule is O=C(CN1CCCCC1=O)c1ccc(-c2noc(C(F)(F)F)n2)cc1. The molecular formula is C16H14F3N3O3. The van der Waals surface area contributed by atoms with Crippen LogP contribution in [0.1, 0.15) is 35.5 Å². The molecule has 0 spiro atoms. The fourth-order valence-corrected chi connectivity index (χ4v) is 2.55. The molecule has 0 radical (unpaired) electrons. The van der Waals surface area contributed by atoms with Gasteiger partial charge in [0.1, 0.15) is 0 Å². The lowest BCUT2D eigenvalue weighted by Crippen LogP contribution is -2.39. The molecule has 1 fully saturated rings. The number of carbonyl (C=O) groups is 2. The van der Waals surface area contributed by atoms with Gasteiger partial charge in [-0.05, 0) is 12.8 Å². The molecule has 1 aliphatic rings. The van der Waals surface area contributed by atoms with Crippen LogP contribution in [0.4, 0.5) is 13.2 Å². The fourth-order valence-electron chi connectivity index (χ4n) is 2.55. The molecule has 3 rings (SSSR count). The van der Waals surface area contributed by atoms with Crippen molar-refractivity contribution in [1.82, 2.24) is 15.0 Å². The zero-order valence-electron chi connectivity index (χ0n) is 13.0. The van der Waals surface area contributed by atoms with E-state index in [0.29, 0.717) is 24.1 Å². The van der Waals surface area contributed by atoms with Gasteiger partial charge in [0, 0.05) is 24.1 Å². The molecule has 2 aromatic rings. The first-order valence-corrected chi connectivity index (χ1v) is 7.67. The molecule has 9 heteroatoms. The van der Waals surface area contributed by atoms with Crippen LogP contribution in [0.3, 0.4) is 0 Å². The molecular weight excluding hydrogens is 339 g/mol. The number of nitrogens with zero attached hydrogens (tertiary/aromatic N) is 3. The van der Waals surface area contributed by atoms with E-state index in [0.717, 1.165) is 12.8 Å². The Morgan fingerprint density at radius 1 is 1.20 bits per heavy atom. The average molecular weight is 353 g/mol. The normalized spacial score (nSPS) is 15.5. The number of Topliss-reactive ketones (excluding diaryl/α,β-unsaturated/α-hetero) is 1. The Morgan fingerprint density at radius 3 is 2.52 bits per heavy atom. The molecule has 6 nitrogen and oxygen atoms in total. The van der Waals surface area contributed by atoms with Crippen molar-refractivity contribution in [2.24, 2.45) is 0 Å². The summed E-state index contributed by atoms with van der Waals surface area (Å²) in [5.74, 6) is -1.91. The standard InChI is InChI=1S/C16H14F3N3O3/c17-16(18,19)15-20-14(21-25-15)11-6-4-10(5-7-11)12(23)9-22-8-2-1-3-13(22)24/h4-7H,1-3,8-9H2. The van der Waals surface area contributed by atoms with Crippen molar-refractivity contribution >= 4 is 11.7 Å². The van der Waals surface area contributed by atoms with E-state index in [1.807, 2.05) is 0 Å². The van der Waals surface area contributed by atoms with E-state index in [9.17, 15) is 22.8 Å². The lowest BCUT2D eigenvalue weighted by Gasteiger charge is -2.25. The van der Waals surface area contributed by atoms with E-state index in [1.165, 1.54) is 29.2 Å². The molecule has 25 heavy (non-hydrogen) atoms. The Bertz CT molecular complexity index is 784. The highest BCUT2D eigenvalue weighted by atomic mass is 19.4. The Balaban J connectivity index is 1.70. The number of hydrogen-bond acceptors (Lipinski definition) is 5. The molecule has 0 N–H and O–H groups in total. The lowest BCUT2D eigenvalue weighted by molar-refractivity contribution is -0.159. The minimum atomic E-state index is -4.71. The molecule has 1 amide bonds. The molecule has 0 unspecified atom stereocenters. The van der Waals surface area contributed by atoms with Gasteiger partial charge in [0.25, 0.3) is 0 Å². The van der Waals surface area contributed by atoms with Crippen molar-refractivity contribution in [2.45, 2.75) is 25.4 Å². The third kappa shape index (κ3) is 3.86. The maximum Gasteiger partial charge on any atom is 0.471 e. The summed E-state index contributed by atoms with van der Waals surface area (Å²) >= 11 is 0. The largest absolute Gasteiger partial charge is 0.471 e. The van der Waals surface area contributed by atoms with Crippen molar-refractivity contribution in [3.05, 3.63) is 35.7 Å². The highest BCUT2D eigenvalue weighted by Gasteiger charge is 2.38. The lowest BCUT2D eigenvalue weighted by atomic mass is 10.1. The van der Waals surface area contributed by atoms with Crippen molar-refractivity contribution < 1.29 is 27.3 Å². The number of hydrogen-bond donors (Lipinski definition) is 0. The third-order valence-electron chi connectivity index (χ3n) is 3.89. The Morgan fingerprint density at radius 2 is 1.92 bits per heavy atom. The molecule has 0 aliphatic carbocycles. The van der Waals surface area contributed by atoms with Crippen molar-refractivity contribution in [2.75, 3.05) is 13.1 Å². The Labute approximate surface area is 140 Å². The number of rotatable bonds is 4. The molecule has 1 aromatic carbocycles. The van der Waals surface area contributed by atoms with Gasteiger partial charge in [0.15, 0.2) is 5.78 Å². The minimum absolute atomic E-state index is 0.00138. The second kappa shape index (κ2) is 6.66. The van der Waals surface area contributed by atoms with Gasteiger partial charge in [-0.15, -0.1) is 0 Å². The van der Waals surface area contributed by atoms with Gasteiger partial charge in [-0.25, -0.2) is 0 Å². The van der Waals surface area contributed by atoms with E-state index in [2.05, 4.69) is 14.7 Å². The van der Waals surface area contributed by atoms with Crippen LogP contribution in [0, 0.1) is 0 Å². The summed E-state index contributed by atoms with van der Waals surface area (Å²) in [6.07, 6.45) is -2.55. The molecule has 0 atom stereocenters. The summed E-state index contributed by atoms with van der Waals surface area (Å²) in [5.41, 5.74) is 0.659. The number of likely N-dealkylation sites (tertiary alicyclic amines) is 1. The van der Waals surface area contributed by atoms with Gasteiger partial charge in [-0.3, -0.25) is 9.59 Å². The first-order valence-electron chi connectivity index (χ1n) is 7.67. The average Bonchev–Trinajstić information content (AvgIpc) is 3.07. The fraction of sp³-hybridized carbons (Fsp3) is 0.375. The van der Waals surface area contributed by atoms with Gasteiger partial charge in [-0.1, -0.05) is 29.4 Å². The molecule has 0 saturated carbocycles. The Kier molecular flexibility index (Phi) is 4.56. The van der Waals surface area contributed by atoms with Crippen LogP contribution in [-0.2, 0) is 11.0 Å². The van der Waals surface area contributed by atoms with Gasteiger partial charge in [-0.2, -0.15) is 18.2 Å². The predicted molar refractivity (Wildman–Crippen MR) is 79.5 cm³/mol. The summed E-state index contributed by atoms with van der Waals surface area (Å²) in [7, 11) is 0. The summed E-state index contributed by atoms with van der Waals surface area (Å²) in [5, 5.41) is 3.29. The molecule has 1 aromatic heterocycles. The van der Waals surface area contributed by atoms with Crippen LogP contribution < -0.4 is 0 Å². The number of aromatic nitrogens is 2. The second-order valence-corrected chi connectivity index (χ2v) is 5.69. The summed E-state index contributed by atoms with van der Waals surface area (Å²) in [6.45, 7) is 0.560. The maximum atomic E-state index is 12.5. The monoisotopic (exact) mass is 353 g/mol.